The zero-order valence-electron chi connectivity index (χ0n) is 11.6. The highest BCUT2D eigenvalue weighted by Crippen LogP contribution is 2.26. The fraction of sp³-hybridized carbons (Fsp3) is 0.0625. The van der Waals surface area contributed by atoms with Crippen molar-refractivity contribution < 1.29 is 0 Å². The Bertz CT molecular complexity index is 863. The van der Waals surface area contributed by atoms with E-state index in [1.165, 1.54) is 0 Å². The van der Waals surface area contributed by atoms with Gasteiger partial charge in [0.2, 0.25) is 0 Å². The Morgan fingerprint density at radius 2 is 2.05 bits per heavy atom. The summed E-state index contributed by atoms with van der Waals surface area (Å²) in [7, 11) is 0. The quantitative estimate of drug-likeness (QED) is 0.565. The number of benzene rings is 1. The van der Waals surface area contributed by atoms with Crippen molar-refractivity contribution in [3.05, 3.63) is 64.7 Å². The van der Waals surface area contributed by atoms with Crippen molar-refractivity contribution in [2.75, 3.05) is 0 Å². The maximum absolute atomic E-state index is 4.64. The van der Waals surface area contributed by atoms with E-state index in [9.17, 15) is 0 Å². The maximum atomic E-state index is 4.64. The van der Waals surface area contributed by atoms with Gasteiger partial charge in [0.05, 0.1) is 23.4 Å². The first-order valence-electron chi connectivity index (χ1n) is 6.79. The van der Waals surface area contributed by atoms with E-state index >= 15 is 0 Å². The molecule has 108 valence electrons. The molecule has 6 heteroatoms. The summed E-state index contributed by atoms with van der Waals surface area (Å²) < 4.78 is 1.92. The molecular weight excluding hydrogens is 312 g/mol. The highest BCUT2D eigenvalue weighted by atomic mass is 32.1. The van der Waals surface area contributed by atoms with Crippen molar-refractivity contribution in [3.63, 3.8) is 0 Å². The van der Waals surface area contributed by atoms with Gasteiger partial charge in [-0.15, -0.1) is 22.7 Å². The van der Waals surface area contributed by atoms with Gasteiger partial charge in [0, 0.05) is 34.3 Å². The summed E-state index contributed by atoms with van der Waals surface area (Å²) in [5.74, 6) is 0. The van der Waals surface area contributed by atoms with Gasteiger partial charge in [-0.3, -0.25) is 4.68 Å². The molecule has 0 fully saturated rings. The first-order valence-corrected chi connectivity index (χ1v) is 8.61. The summed E-state index contributed by atoms with van der Waals surface area (Å²) in [6.07, 6.45) is 3.82. The molecule has 0 saturated carbocycles. The standard InChI is InChI=1S/C16H12N4S2/c1-2-12(8-13(3-1)16-17-5-7-22-16)15-4-6-20(19-15)9-14-10-21-11-18-14/h1-8,10-11H,9H2. The predicted octanol–water partition coefficient (Wildman–Crippen LogP) is 4.18. The summed E-state index contributed by atoms with van der Waals surface area (Å²) in [5, 5.41) is 9.71. The average Bonchev–Trinajstić information content (AvgIpc) is 3.31. The van der Waals surface area contributed by atoms with Crippen LogP contribution in [0.25, 0.3) is 21.8 Å². The van der Waals surface area contributed by atoms with E-state index in [1.54, 1.807) is 22.7 Å². The van der Waals surface area contributed by atoms with Gasteiger partial charge < -0.3 is 0 Å². The minimum absolute atomic E-state index is 0.704. The molecule has 0 amide bonds. The zero-order valence-corrected chi connectivity index (χ0v) is 13.2. The van der Waals surface area contributed by atoms with Crippen molar-refractivity contribution >= 4 is 22.7 Å². The van der Waals surface area contributed by atoms with Gasteiger partial charge in [-0.1, -0.05) is 18.2 Å². The lowest BCUT2D eigenvalue weighted by molar-refractivity contribution is 0.678. The second-order valence-electron chi connectivity index (χ2n) is 4.80. The third-order valence-corrected chi connectivity index (χ3v) is 4.74. The van der Waals surface area contributed by atoms with Gasteiger partial charge >= 0.3 is 0 Å². The second kappa shape index (κ2) is 5.82. The average molecular weight is 324 g/mol. The van der Waals surface area contributed by atoms with E-state index < -0.39 is 0 Å². The number of rotatable bonds is 4. The summed E-state index contributed by atoms with van der Waals surface area (Å²) in [5.41, 5.74) is 6.08. The molecule has 0 unspecified atom stereocenters. The molecule has 0 saturated heterocycles. The first kappa shape index (κ1) is 13.4. The molecule has 0 radical (unpaired) electrons. The molecule has 0 aliphatic heterocycles. The lowest BCUT2D eigenvalue weighted by atomic mass is 10.1. The SMILES string of the molecule is c1cc(-c2ccn(Cc3cscn3)n2)cc(-c2nccs2)c1. The topological polar surface area (TPSA) is 43.6 Å². The lowest BCUT2D eigenvalue weighted by Crippen LogP contribution is -2.00. The van der Waals surface area contributed by atoms with Gasteiger partial charge in [-0.25, -0.2) is 9.97 Å². The van der Waals surface area contributed by atoms with Crippen LogP contribution < -0.4 is 0 Å². The summed E-state index contributed by atoms with van der Waals surface area (Å²) in [4.78, 5) is 8.65. The van der Waals surface area contributed by atoms with E-state index in [1.807, 2.05) is 45.5 Å². The number of nitrogens with zero attached hydrogens (tertiary/aromatic N) is 4. The molecule has 0 bridgehead atoms. The van der Waals surface area contributed by atoms with Crippen LogP contribution >= 0.6 is 22.7 Å². The Balaban J connectivity index is 1.62. The fourth-order valence-corrected chi connectivity index (χ4v) is 3.45. The van der Waals surface area contributed by atoms with Crippen LogP contribution in [0.1, 0.15) is 5.69 Å². The van der Waals surface area contributed by atoms with Gasteiger partial charge in [0.15, 0.2) is 0 Å². The minimum atomic E-state index is 0.704. The van der Waals surface area contributed by atoms with E-state index in [4.69, 9.17) is 0 Å². The number of hydrogen-bond acceptors (Lipinski definition) is 5. The van der Waals surface area contributed by atoms with Crippen LogP contribution in [0, 0.1) is 0 Å². The van der Waals surface area contributed by atoms with Crippen LogP contribution in [-0.2, 0) is 6.54 Å². The number of hydrogen-bond donors (Lipinski definition) is 0. The highest BCUT2D eigenvalue weighted by molar-refractivity contribution is 7.13. The fourth-order valence-electron chi connectivity index (χ4n) is 2.26. The first-order chi connectivity index (χ1) is 10.9. The minimum Gasteiger partial charge on any atom is -0.266 e. The molecule has 0 spiro atoms. The van der Waals surface area contributed by atoms with Crippen molar-refractivity contribution in [1.82, 2.24) is 19.7 Å². The van der Waals surface area contributed by atoms with Crippen LogP contribution in [0.2, 0.25) is 0 Å². The maximum Gasteiger partial charge on any atom is 0.123 e. The number of thiazole rings is 2. The molecule has 0 N–H and O–H groups in total. The predicted molar refractivity (Wildman–Crippen MR) is 90.0 cm³/mol. The van der Waals surface area contributed by atoms with E-state index in [0.29, 0.717) is 6.54 Å². The van der Waals surface area contributed by atoms with Crippen LogP contribution in [0.3, 0.4) is 0 Å². The lowest BCUT2D eigenvalue weighted by Gasteiger charge is -2.01. The Labute approximate surface area is 135 Å². The van der Waals surface area contributed by atoms with Crippen LogP contribution in [-0.4, -0.2) is 19.7 Å². The van der Waals surface area contributed by atoms with Gasteiger partial charge in [-0.2, -0.15) is 5.10 Å². The third kappa shape index (κ3) is 2.70. The molecule has 22 heavy (non-hydrogen) atoms. The Morgan fingerprint density at radius 1 is 1.09 bits per heavy atom. The van der Waals surface area contributed by atoms with Gasteiger partial charge in [0.25, 0.3) is 0 Å². The van der Waals surface area contributed by atoms with Gasteiger partial charge in [0.1, 0.15) is 5.01 Å². The molecule has 0 aliphatic carbocycles. The van der Waals surface area contributed by atoms with Crippen LogP contribution in [0.5, 0.6) is 0 Å². The van der Waals surface area contributed by atoms with Crippen molar-refractivity contribution in [1.29, 1.82) is 0 Å². The summed E-state index contributed by atoms with van der Waals surface area (Å²) >= 11 is 3.25. The van der Waals surface area contributed by atoms with Gasteiger partial charge in [-0.05, 0) is 12.1 Å². The van der Waals surface area contributed by atoms with Crippen molar-refractivity contribution in [2.45, 2.75) is 6.54 Å². The second-order valence-corrected chi connectivity index (χ2v) is 6.41. The molecule has 4 aromatic rings. The molecule has 4 rings (SSSR count). The molecule has 0 atom stereocenters. The summed E-state index contributed by atoms with van der Waals surface area (Å²) in [6.45, 7) is 0.704. The summed E-state index contributed by atoms with van der Waals surface area (Å²) in [6, 6.07) is 10.4. The van der Waals surface area contributed by atoms with Crippen molar-refractivity contribution in [3.8, 4) is 21.8 Å². The molecule has 3 heterocycles. The molecule has 3 aromatic heterocycles. The van der Waals surface area contributed by atoms with E-state index in [-0.39, 0.29) is 0 Å². The van der Waals surface area contributed by atoms with E-state index in [0.717, 1.165) is 27.5 Å². The smallest absolute Gasteiger partial charge is 0.123 e. The third-order valence-electron chi connectivity index (χ3n) is 3.29. The Morgan fingerprint density at radius 3 is 2.86 bits per heavy atom. The molecule has 0 aliphatic rings. The number of aromatic nitrogens is 4. The monoisotopic (exact) mass is 324 g/mol. The molecule has 1 aromatic carbocycles. The zero-order chi connectivity index (χ0) is 14.8. The molecular formula is C16H12N4S2. The van der Waals surface area contributed by atoms with Crippen LogP contribution in [0.4, 0.5) is 0 Å². The Hall–Kier alpha value is -2.31. The largest absolute Gasteiger partial charge is 0.266 e. The molecule has 4 nitrogen and oxygen atoms in total. The van der Waals surface area contributed by atoms with E-state index in [2.05, 4.69) is 33.3 Å². The Kier molecular flexibility index (Phi) is 3.54. The van der Waals surface area contributed by atoms with Crippen molar-refractivity contribution in [2.24, 2.45) is 0 Å². The van der Waals surface area contributed by atoms with Crippen LogP contribution in [0.15, 0.2) is 59.0 Å². The normalized spacial score (nSPS) is 10.9. The highest BCUT2D eigenvalue weighted by Gasteiger charge is 2.06.